The lowest BCUT2D eigenvalue weighted by atomic mass is 10.1. The van der Waals surface area contributed by atoms with Crippen LogP contribution < -0.4 is 0 Å². The maximum atomic E-state index is 6.16. The molecule has 2 aromatic carbocycles. The van der Waals surface area contributed by atoms with E-state index in [4.69, 9.17) is 9.40 Å². The molecular formula is C20H10N2OS2. The lowest BCUT2D eigenvalue weighted by molar-refractivity contribution is 0.670. The third-order valence-electron chi connectivity index (χ3n) is 4.44. The highest BCUT2D eigenvalue weighted by atomic mass is 32.1. The van der Waals surface area contributed by atoms with Gasteiger partial charge in [0.25, 0.3) is 0 Å². The van der Waals surface area contributed by atoms with Crippen LogP contribution in [0.3, 0.4) is 0 Å². The molecule has 6 aromatic rings. The molecule has 0 saturated carbocycles. The standard InChI is InChI=1S/C20H10N2OS2/c1-2-9-15-11(5-1)12-6-3-7-13(16(12)23-15)19-22-20-17(24-19)14-8-4-10-21-18(14)25-20/h1-10H. The molecule has 0 bridgehead atoms. The lowest BCUT2D eigenvalue weighted by Crippen LogP contribution is -1.76. The van der Waals surface area contributed by atoms with E-state index in [-0.39, 0.29) is 0 Å². The number of fused-ring (bicyclic) bond motifs is 6. The van der Waals surface area contributed by atoms with Gasteiger partial charge in [0.1, 0.15) is 25.8 Å². The van der Waals surface area contributed by atoms with Crippen LogP contribution in [-0.2, 0) is 0 Å². The van der Waals surface area contributed by atoms with Crippen molar-refractivity contribution in [1.82, 2.24) is 9.97 Å². The highest BCUT2D eigenvalue weighted by Gasteiger charge is 2.17. The fraction of sp³-hybridized carbons (Fsp3) is 0. The molecule has 0 unspecified atom stereocenters. The SMILES string of the molecule is c1ccc2c(c1)oc1c(-c3nc4sc5ncccc5c4s3)cccc12. The number of thiophene rings is 1. The van der Waals surface area contributed by atoms with Crippen molar-refractivity contribution >= 4 is 64.4 Å². The Morgan fingerprint density at radius 3 is 2.64 bits per heavy atom. The van der Waals surface area contributed by atoms with Gasteiger partial charge < -0.3 is 4.42 Å². The molecule has 0 saturated heterocycles. The second-order valence-electron chi connectivity index (χ2n) is 5.89. The van der Waals surface area contributed by atoms with Crippen LogP contribution in [0.15, 0.2) is 65.2 Å². The number of furan rings is 1. The molecule has 0 aliphatic carbocycles. The average Bonchev–Trinajstić information content (AvgIpc) is 3.31. The minimum Gasteiger partial charge on any atom is -0.455 e. The van der Waals surface area contributed by atoms with E-state index in [0.29, 0.717) is 0 Å². The summed E-state index contributed by atoms with van der Waals surface area (Å²) in [5.74, 6) is 0. The van der Waals surface area contributed by atoms with Crippen molar-refractivity contribution in [1.29, 1.82) is 0 Å². The molecule has 0 N–H and O–H groups in total. The highest BCUT2D eigenvalue weighted by Crippen LogP contribution is 2.42. The Balaban J connectivity index is 1.67. The number of para-hydroxylation sites is 2. The van der Waals surface area contributed by atoms with E-state index in [1.807, 2.05) is 30.5 Å². The predicted molar refractivity (Wildman–Crippen MR) is 106 cm³/mol. The van der Waals surface area contributed by atoms with E-state index in [1.165, 1.54) is 10.1 Å². The van der Waals surface area contributed by atoms with Crippen molar-refractivity contribution in [3.8, 4) is 10.6 Å². The van der Waals surface area contributed by atoms with Crippen LogP contribution in [0.4, 0.5) is 0 Å². The fourth-order valence-corrected chi connectivity index (χ4v) is 5.61. The van der Waals surface area contributed by atoms with Gasteiger partial charge in [-0.2, -0.15) is 0 Å². The third kappa shape index (κ3) is 1.85. The van der Waals surface area contributed by atoms with Crippen molar-refractivity contribution in [2.45, 2.75) is 0 Å². The minimum atomic E-state index is 0.910. The molecular weight excluding hydrogens is 348 g/mol. The maximum absolute atomic E-state index is 6.16. The zero-order chi connectivity index (χ0) is 16.4. The van der Waals surface area contributed by atoms with Crippen molar-refractivity contribution in [3.63, 3.8) is 0 Å². The van der Waals surface area contributed by atoms with Crippen molar-refractivity contribution in [2.75, 3.05) is 0 Å². The van der Waals surface area contributed by atoms with Gasteiger partial charge in [-0.3, -0.25) is 0 Å². The topological polar surface area (TPSA) is 38.9 Å². The summed E-state index contributed by atoms with van der Waals surface area (Å²) in [5, 5.41) is 4.46. The van der Waals surface area contributed by atoms with Crippen molar-refractivity contribution in [3.05, 3.63) is 60.8 Å². The zero-order valence-corrected chi connectivity index (χ0v) is 14.5. The number of hydrogen-bond donors (Lipinski definition) is 0. The van der Waals surface area contributed by atoms with Gasteiger partial charge in [0.2, 0.25) is 0 Å². The van der Waals surface area contributed by atoms with Gasteiger partial charge in [0.15, 0.2) is 0 Å². The van der Waals surface area contributed by atoms with Crippen LogP contribution >= 0.6 is 22.7 Å². The molecule has 0 spiro atoms. The van der Waals surface area contributed by atoms with Crippen LogP contribution in [0.2, 0.25) is 0 Å². The first-order chi connectivity index (χ1) is 12.4. The summed E-state index contributed by atoms with van der Waals surface area (Å²) >= 11 is 3.36. The highest BCUT2D eigenvalue weighted by molar-refractivity contribution is 7.33. The number of aromatic nitrogens is 2. The Hall–Kier alpha value is -2.76. The Labute approximate surface area is 150 Å². The van der Waals surface area contributed by atoms with E-state index in [1.54, 1.807) is 22.7 Å². The second-order valence-corrected chi connectivity index (χ2v) is 7.87. The quantitative estimate of drug-likeness (QED) is 0.338. The maximum Gasteiger partial charge on any atom is 0.145 e. The largest absolute Gasteiger partial charge is 0.455 e. The van der Waals surface area contributed by atoms with E-state index in [2.05, 4.69) is 35.3 Å². The van der Waals surface area contributed by atoms with Gasteiger partial charge in [-0.25, -0.2) is 9.97 Å². The summed E-state index contributed by atoms with van der Waals surface area (Å²) in [4.78, 5) is 11.4. The van der Waals surface area contributed by atoms with Gasteiger partial charge in [0, 0.05) is 22.4 Å². The minimum absolute atomic E-state index is 0.910. The van der Waals surface area contributed by atoms with E-state index < -0.39 is 0 Å². The monoisotopic (exact) mass is 358 g/mol. The molecule has 118 valence electrons. The molecule has 0 amide bonds. The smallest absolute Gasteiger partial charge is 0.145 e. The summed E-state index contributed by atoms with van der Waals surface area (Å²) in [5.41, 5.74) is 2.88. The molecule has 0 aliphatic heterocycles. The van der Waals surface area contributed by atoms with E-state index >= 15 is 0 Å². The van der Waals surface area contributed by atoms with Gasteiger partial charge in [0.05, 0.1) is 10.3 Å². The molecule has 25 heavy (non-hydrogen) atoms. The van der Waals surface area contributed by atoms with E-state index in [9.17, 15) is 0 Å². The molecule has 6 rings (SSSR count). The average molecular weight is 358 g/mol. The Morgan fingerprint density at radius 1 is 0.760 bits per heavy atom. The number of nitrogens with zero attached hydrogens (tertiary/aromatic N) is 2. The third-order valence-corrected chi connectivity index (χ3v) is 6.70. The van der Waals surface area contributed by atoms with Gasteiger partial charge >= 0.3 is 0 Å². The first-order valence-corrected chi connectivity index (χ1v) is 9.56. The Bertz CT molecular complexity index is 1410. The lowest BCUT2D eigenvalue weighted by Gasteiger charge is -1.97. The van der Waals surface area contributed by atoms with Crippen LogP contribution in [0, 0.1) is 0 Å². The molecule has 4 aromatic heterocycles. The first kappa shape index (κ1) is 13.5. The molecule has 4 heterocycles. The van der Waals surface area contributed by atoms with Crippen molar-refractivity contribution < 1.29 is 4.42 Å². The summed E-state index contributed by atoms with van der Waals surface area (Å²) in [6, 6.07) is 18.5. The number of benzene rings is 2. The second kappa shape index (κ2) is 4.88. The van der Waals surface area contributed by atoms with Crippen LogP contribution in [0.25, 0.3) is 52.3 Å². The molecule has 0 fully saturated rings. The fourth-order valence-electron chi connectivity index (χ4n) is 3.31. The van der Waals surface area contributed by atoms with Crippen LogP contribution in [0.5, 0.6) is 0 Å². The number of hydrogen-bond acceptors (Lipinski definition) is 5. The molecule has 0 atom stereocenters. The summed E-state index contributed by atoms with van der Waals surface area (Å²) in [6.45, 7) is 0. The van der Waals surface area contributed by atoms with Gasteiger partial charge in [-0.1, -0.05) is 41.7 Å². The van der Waals surface area contributed by atoms with Crippen LogP contribution in [0.1, 0.15) is 0 Å². The van der Waals surface area contributed by atoms with Crippen molar-refractivity contribution in [2.24, 2.45) is 0 Å². The molecule has 0 radical (unpaired) electrons. The summed E-state index contributed by atoms with van der Waals surface area (Å²) in [7, 11) is 0. The summed E-state index contributed by atoms with van der Waals surface area (Å²) < 4.78 is 7.36. The number of thiazole rings is 1. The zero-order valence-electron chi connectivity index (χ0n) is 12.9. The molecule has 0 aliphatic rings. The number of rotatable bonds is 1. The molecule has 5 heteroatoms. The number of pyridine rings is 1. The summed E-state index contributed by atoms with van der Waals surface area (Å²) in [6.07, 6.45) is 1.83. The Kier molecular flexibility index (Phi) is 2.64. The van der Waals surface area contributed by atoms with E-state index in [0.717, 1.165) is 42.2 Å². The first-order valence-electron chi connectivity index (χ1n) is 7.93. The van der Waals surface area contributed by atoms with Gasteiger partial charge in [-0.15, -0.1) is 11.3 Å². The molecule has 3 nitrogen and oxygen atoms in total. The normalized spacial score (nSPS) is 12.0. The predicted octanol–water partition coefficient (Wildman–Crippen LogP) is 6.47. The van der Waals surface area contributed by atoms with Gasteiger partial charge in [-0.05, 0) is 24.3 Å². The van der Waals surface area contributed by atoms with Crippen LogP contribution in [-0.4, -0.2) is 9.97 Å². The Morgan fingerprint density at radius 2 is 1.64 bits per heavy atom.